The van der Waals surface area contributed by atoms with Gasteiger partial charge >= 0.3 is 0 Å². The Kier molecular flexibility index (Phi) is 6.72. The van der Waals surface area contributed by atoms with E-state index in [-0.39, 0.29) is 12.5 Å². The van der Waals surface area contributed by atoms with Gasteiger partial charge in [-0.2, -0.15) is 0 Å². The number of benzene rings is 2. The van der Waals surface area contributed by atoms with Crippen molar-refractivity contribution >= 4 is 34.8 Å². The second-order valence-electron chi connectivity index (χ2n) is 4.94. The minimum atomic E-state index is -0.135. The van der Waals surface area contributed by atoms with E-state index < -0.39 is 0 Å². The Hall–Kier alpha value is -1.55. The Bertz CT molecular complexity index is 617. The van der Waals surface area contributed by atoms with Crippen LogP contribution in [0.3, 0.4) is 0 Å². The molecule has 2 rings (SSSR count). The number of rotatable bonds is 7. The number of halogens is 2. The Labute approximate surface area is 140 Å². The molecule has 0 spiro atoms. The molecule has 0 aromatic heterocycles. The van der Waals surface area contributed by atoms with Gasteiger partial charge in [0.1, 0.15) is 0 Å². The van der Waals surface area contributed by atoms with Crippen LogP contribution in [-0.4, -0.2) is 19.0 Å². The summed E-state index contributed by atoms with van der Waals surface area (Å²) in [5, 5.41) is 6.87. The fourth-order valence-corrected chi connectivity index (χ4v) is 2.39. The van der Waals surface area contributed by atoms with E-state index in [1.54, 1.807) is 18.2 Å². The second-order valence-corrected chi connectivity index (χ2v) is 5.78. The van der Waals surface area contributed by atoms with Crippen LogP contribution >= 0.6 is 23.2 Å². The summed E-state index contributed by atoms with van der Waals surface area (Å²) in [6.07, 6.45) is 1.98. The van der Waals surface area contributed by atoms with Gasteiger partial charge in [-0.1, -0.05) is 53.5 Å². The van der Waals surface area contributed by atoms with Gasteiger partial charge in [-0.15, -0.1) is 0 Å². The van der Waals surface area contributed by atoms with Crippen LogP contribution in [0.25, 0.3) is 0 Å². The number of aryl methyl sites for hydroxylation is 1. The molecule has 0 atom stereocenters. The van der Waals surface area contributed by atoms with Gasteiger partial charge in [0.2, 0.25) is 5.91 Å². The summed E-state index contributed by atoms with van der Waals surface area (Å²) >= 11 is 11.9. The molecule has 0 unspecified atom stereocenters. The number of nitrogens with one attached hydrogen (secondary N) is 2. The van der Waals surface area contributed by atoms with Crippen molar-refractivity contribution in [2.75, 3.05) is 18.4 Å². The predicted molar refractivity (Wildman–Crippen MR) is 92.7 cm³/mol. The Morgan fingerprint density at radius 1 is 1.05 bits per heavy atom. The molecule has 2 aromatic carbocycles. The van der Waals surface area contributed by atoms with Gasteiger partial charge in [-0.25, -0.2) is 0 Å². The van der Waals surface area contributed by atoms with Crippen LogP contribution in [-0.2, 0) is 11.2 Å². The summed E-state index contributed by atoms with van der Waals surface area (Å²) in [5.74, 6) is -0.135. The van der Waals surface area contributed by atoms with Crippen LogP contribution in [0, 0.1) is 0 Å². The van der Waals surface area contributed by atoms with Crippen molar-refractivity contribution in [2.45, 2.75) is 12.8 Å². The highest BCUT2D eigenvalue weighted by molar-refractivity contribution is 6.35. The lowest BCUT2D eigenvalue weighted by molar-refractivity contribution is -0.115. The van der Waals surface area contributed by atoms with Crippen LogP contribution in [0.4, 0.5) is 5.69 Å². The Balaban J connectivity index is 1.66. The summed E-state index contributed by atoms with van der Waals surface area (Å²) in [6.45, 7) is 1.03. The van der Waals surface area contributed by atoms with Crippen molar-refractivity contribution in [1.29, 1.82) is 0 Å². The quantitative estimate of drug-likeness (QED) is 0.745. The van der Waals surface area contributed by atoms with Gasteiger partial charge in [0.15, 0.2) is 0 Å². The minimum absolute atomic E-state index is 0.135. The molecule has 116 valence electrons. The summed E-state index contributed by atoms with van der Waals surface area (Å²) < 4.78 is 0. The van der Waals surface area contributed by atoms with Gasteiger partial charge in [0.05, 0.1) is 17.3 Å². The van der Waals surface area contributed by atoms with Gasteiger partial charge in [-0.05, 0) is 43.1 Å². The van der Waals surface area contributed by atoms with E-state index >= 15 is 0 Å². The third-order valence-corrected chi connectivity index (χ3v) is 3.71. The van der Waals surface area contributed by atoms with Crippen molar-refractivity contribution < 1.29 is 4.79 Å². The summed E-state index contributed by atoms with van der Waals surface area (Å²) in [5.41, 5.74) is 1.84. The minimum Gasteiger partial charge on any atom is -0.324 e. The molecule has 0 saturated heterocycles. The molecule has 0 fully saturated rings. The highest BCUT2D eigenvalue weighted by atomic mass is 35.5. The molecule has 0 aliphatic carbocycles. The zero-order valence-corrected chi connectivity index (χ0v) is 13.6. The van der Waals surface area contributed by atoms with Crippen LogP contribution in [0.15, 0.2) is 48.5 Å². The van der Waals surface area contributed by atoms with Crippen molar-refractivity contribution in [3.05, 3.63) is 64.1 Å². The number of carbonyl (C=O) groups is 1. The fraction of sp³-hybridized carbons (Fsp3) is 0.235. The average Bonchev–Trinajstić information content (AvgIpc) is 2.51. The van der Waals surface area contributed by atoms with Crippen molar-refractivity contribution in [1.82, 2.24) is 5.32 Å². The van der Waals surface area contributed by atoms with E-state index in [0.29, 0.717) is 15.7 Å². The first-order valence-electron chi connectivity index (χ1n) is 7.15. The van der Waals surface area contributed by atoms with Crippen molar-refractivity contribution in [2.24, 2.45) is 0 Å². The molecular formula is C17H18Cl2N2O. The molecule has 3 nitrogen and oxygen atoms in total. The lowest BCUT2D eigenvalue weighted by Crippen LogP contribution is -2.29. The maximum atomic E-state index is 11.8. The molecule has 1 amide bonds. The van der Waals surface area contributed by atoms with Crippen molar-refractivity contribution in [3.63, 3.8) is 0 Å². The first-order valence-corrected chi connectivity index (χ1v) is 7.90. The molecule has 2 N–H and O–H groups in total. The Morgan fingerprint density at radius 3 is 2.59 bits per heavy atom. The largest absolute Gasteiger partial charge is 0.324 e. The average molecular weight is 337 g/mol. The van der Waals surface area contributed by atoms with Crippen molar-refractivity contribution in [3.8, 4) is 0 Å². The zero-order chi connectivity index (χ0) is 15.8. The molecule has 0 aliphatic rings. The maximum Gasteiger partial charge on any atom is 0.238 e. The molecular weight excluding hydrogens is 319 g/mol. The smallest absolute Gasteiger partial charge is 0.238 e. The van der Waals surface area contributed by atoms with E-state index in [2.05, 4.69) is 22.8 Å². The number of carbonyl (C=O) groups excluding carboxylic acids is 1. The van der Waals surface area contributed by atoms with E-state index in [0.717, 1.165) is 19.4 Å². The molecule has 2 aromatic rings. The predicted octanol–water partition coefficient (Wildman–Crippen LogP) is 4.15. The lowest BCUT2D eigenvalue weighted by atomic mass is 10.1. The number of hydrogen-bond donors (Lipinski definition) is 2. The SMILES string of the molecule is O=C(CNCCCc1ccccc1)Nc1cc(Cl)ccc1Cl. The molecule has 0 saturated carbocycles. The van der Waals surface area contributed by atoms with Gasteiger partial charge in [-0.3, -0.25) is 4.79 Å². The van der Waals surface area contributed by atoms with Crippen LogP contribution in [0.2, 0.25) is 10.0 Å². The van der Waals surface area contributed by atoms with Crippen LogP contribution in [0.1, 0.15) is 12.0 Å². The Morgan fingerprint density at radius 2 is 1.82 bits per heavy atom. The molecule has 0 radical (unpaired) electrons. The molecule has 5 heteroatoms. The molecule has 0 aliphatic heterocycles. The second kappa shape index (κ2) is 8.79. The standard InChI is InChI=1S/C17H18Cl2N2O/c18-14-8-9-15(19)16(11-14)21-17(22)12-20-10-4-7-13-5-2-1-3-6-13/h1-3,5-6,8-9,11,20H,4,7,10,12H2,(H,21,22). The topological polar surface area (TPSA) is 41.1 Å². The zero-order valence-electron chi connectivity index (χ0n) is 12.1. The normalized spacial score (nSPS) is 10.5. The molecule has 0 bridgehead atoms. The number of amides is 1. The van der Waals surface area contributed by atoms with E-state index in [4.69, 9.17) is 23.2 Å². The van der Waals surface area contributed by atoms with Crippen LogP contribution < -0.4 is 10.6 Å². The highest BCUT2D eigenvalue weighted by Crippen LogP contribution is 2.25. The number of hydrogen-bond acceptors (Lipinski definition) is 2. The summed E-state index contributed by atoms with van der Waals surface area (Å²) in [4.78, 5) is 11.8. The molecule has 22 heavy (non-hydrogen) atoms. The lowest BCUT2D eigenvalue weighted by Gasteiger charge is -2.08. The summed E-state index contributed by atoms with van der Waals surface area (Å²) in [7, 11) is 0. The fourth-order valence-electron chi connectivity index (χ4n) is 2.05. The first-order chi connectivity index (χ1) is 10.6. The third kappa shape index (κ3) is 5.68. The van der Waals surface area contributed by atoms with E-state index in [1.165, 1.54) is 5.56 Å². The van der Waals surface area contributed by atoms with E-state index in [9.17, 15) is 4.79 Å². The molecule has 0 heterocycles. The highest BCUT2D eigenvalue weighted by Gasteiger charge is 2.06. The number of anilines is 1. The van der Waals surface area contributed by atoms with Crippen LogP contribution in [0.5, 0.6) is 0 Å². The monoisotopic (exact) mass is 336 g/mol. The van der Waals surface area contributed by atoms with Gasteiger partial charge in [0.25, 0.3) is 0 Å². The third-order valence-electron chi connectivity index (χ3n) is 3.15. The summed E-state index contributed by atoms with van der Waals surface area (Å²) in [6, 6.07) is 15.3. The van der Waals surface area contributed by atoms with Gasteiger partial charge < -0.3 is 10.6 Å². The first kappa shape index (κ1) is 16.8. The maximum absolute atomic E-state index is 11.8. The van der Waals surface area contributed by atoms with Gasteiger partial charge in [0, 0.05) is 5.02 Å². The van der Waals surface area contributed by atoms with E-state index in [1.807, 2.05) is 18.2 Å².